The molecule has 4 heteroatoms. The van der Waals surface area contributed by atoms with Gasteiger partial charge in [0.2, 0.25) is 0 Å². The van der Waals surface area contributed by atoms with Crippen LogP contribution in [-0.2, 0) is 11.2 Å². The summed E-state index contributed by atoms with van der Waals surface area (Å²) in [6.07, 6.45) is 0.175. The van der Waals surface area contributed by atoms with E-state index in [-0.39, 0.29) is 6.04 Å². The van der Waals surface area contributed by atoms with E-state index in [9.17, 15) is 4.79 Å². The number of alkyl carbamates (subject to hydrolysis) is 1. The lowest BCUT2D eigenvalue weighted by Crippen LogP contribution is -2.35. The molecular weight excluding hydrogens is 314 g/mol. The molecule has 0 fully saturated rings. The minimum Gasteiger partial charge on any atom is -0.459 e. The van der Waals surface area contributed by atoms with Crippen LogP contribution >= 0.6 is 0 Å². The highest BCUT2D eigenvalue weighted by atomic mass is 16.6. The minimum atomic E-state index is -0.546. The molecule has 1 aromatic heterocycles. The van der Waals surface area contributed by atoms with E-state index in [0.717, 1.165) is 22.3 Å². The molecule has 0 bridgehead atoms. The number of hydrogen-bond acceptors (Lipinski definition) is 3. The number of ether oxygens (including phenoxy) is 1. The van der Waals surface area contributed by atoms with Crippen LogP contribution in [0.15, 0.2) is 65.1 Å². The van der Waals surface area contributed by atoms with Gasteiger partial charge in [0.1, 0.15) is 16.9 Å². The van der Waals surface area contributed by atoms with Gasteiger partial charge in [-0.25, -0.2) is 4.79 Å². The van der Waals surface area contributed by atoms with E-state index < -0.39 is 11.7 Å². The summed E-state index contributed by atoms with van der Waals surface area (Å²) < 4.78 is 11.4. The average Bonchev–Trinajstić information content (AvgIpc) is 2.97. The zero-order valence-electron chi connectivity index (χ0n) is 14.8. The normalized spacial score (nSPS) is 12.8. The number of hydrogen-bond donors (Lipinski definition) is 1. The molecule has 0 aliphatic heterocycles. The van der Waals surface area contributed by atoms with Crippen LogP contribution in [0.2, 0.25) is 0 Å². The molecule has 0 spiro atoms. The molecule has 4 nitrogen and oxygen atoms in total. The topological polar surface area (TPSA) is 51.5 Å². The Balaban J connectivity index is 1.86. The van der Waals surface area contributed by atoms with Crippen molar-refractivity contribution in [2.75, 3.05) is 0 Å². The molecule has 3 rings (SSSR count). The Morgan fingerprint density at radius 2 is 1.76 bits per heavy atom. The maximum absolute atomic E-state index is 12.3. The predicted octanol–water partition coefficient (Wildman–Crippen LogP) is 5.24. The number of carbonyl (C=O) groups is 1. The maximum Gasteiger partial charge on any atom is 0.408 e. The van der Waals surface area contributed by atoms with Gasteiger partial charge in [0.25, 0.3) is 0 Å². The standard InChI is InChI=1S/C21H23NO3/c1-21(2,3)25-20(23)22-17(13-15-9-5-4-6-10-15)19-14-16-11-7-8-12-18(16)24-19/h4-12,14,17H,13H2,1-3H3,(H,22,23)/t17-/m0/s1. The molecule has 1 N–H and O–H groups in total. The molecule has 0 saturated heterocycles. The van der Waals surface area contributed by atoms with Gasteiger partial charge in [-0.2, -0.15) is 0 Å². The Labute approximate surface area is 147 Å². The van der Waals surface area contributed by atoms with Gasteiger partial charge in [-0.1, -0.05) is 48.5 Å². The number of rotatable bonds is 4. The monoisotopic (exact) mass is 337 g/mol. The molecule has 1 atom stereocenters. The smallest absolute Gasteiger partial charge is 0.408 e. The Hall–Kier alpha value is -2.75. The second kappa shape index (κ2) is 7.01. The van der Waals surface area contributed by atoms with Crippen molar-refractivity contribution in [3.05, 3.63) is 72.0 Å². The summed E-state index contributed by atoms with van der Waals surface area (Å²) in [6.45, 7) is 5.54. The number of fused-ring (bicyclic) bond motifs is 1. The van der Waals surface area contributed by atoms with Crippen LogP contribution in [0.25, 0.3) is 11.0 Å². The summed E-state index contributed by atoms with van der Waals surface area (Å²) >= 11 is 0. The van der Waals surface area contributed by atoms with Crippen molar-refractivity contribution in [3.8, 4) is 0 Å². The van der Waals surface area contributed by atoms with Crippen LogP contribution in [-0.4, -0.2) is 11.7 Å². The molecule has 0 radical (unpaired) electrons. The molecule has 130 valence electrons. The first-order valence-corrected chi connectivity index (χ1v) is 8.43. The first-order valence-electron chi connectivity index (χ1n) is 8.43. The third kappa shape index (κ3) is 4.63. The number of benzene rings is 2. The maximum atomic E-state index is 12.3. The van der Waals surface area contributed by atoms with E-state index >= 15 is 0 Å². The number of amides is 1. The SMILES string of the molecule is CC(C)(C)OC(=O)N[C@@H](Cc1ccccc1)c1cc2ccccc2o1. The molecule has 1 heterocycles. The summed E-state index contributed by atoms with van der Waals surface area (Å²) in [5, 5.41) is 3.96. The summed E-state index contributed by atoms with van der Waals surface area (Å²) in [6, 6.07) is 19.5. The van der Waals surface area contributed by atoms with E-state index in [2.05, 4.69) is 5.32 Å². The molecular formula is C21H23NO3. The zero-order chi connectivity index (χ0) is 17.9. The largest absolute Gasteiger partial charge is 0.459 e. The van der Waals surface area contributed by atoms with Crippen molar-refractivity contribution in [2.24, 2.45) is 0 Å². The van der Waals surface area contributed by atoms with Crippen LogP contribution < -0.4 is 5.32 Å². The molecule has 0 aliphatic carbocycles. The molecule has 3 aromatic rings. The van der Waals surface area contributed by atoms with Gasteiger partial charge < -0.3 is 14.5 Å². The number of carbonyl (C=O) groups excluding carboxylic acids is 1. The third-order valence-corrected chi connectivity index (χ3v) is 3.76. The fourth-order valence-electron chi connectivity index (χ4n) is 2.70. The number of para-hydroxylation sites is 1. The molecule has 0 saturated carbocycles. The molecule has 1 amide bonds. The summed E-state index contributed by atoms with van der Waals surface area (Å²) in [4.78, 5) is 12.3. The highest BCUT2D eigenvalue weighted by molar-refractivity contribution is 5.78. The Morgan fingerprint density at radius 3 is 2.44 bits per heavy atom. The lowest BCUT2D eigenvalue weighted by molar-refractivity contribution is 0.0497. The number of nitrogens with one attached hydrogen (secondary N) is 1. The van der Waals surface area contributed by atoms with Crippen LogP contribution in [0.1, 0.15) is 38.1 Å². The average molecular weight is 337 g/mol. The van der Waals surface area contributed by atoms with E-state index in [0.29, 0.717) is 6.42 Å². The Morgan fingerprint density at radius 1 is 1.08 bits per heavy atom. The van der Waals surface area contributed by atoms with Crippen LogP contribution in [0.4, 0.5) is 4.79 Å². The fourth-order valence-corrected chi connectivity index (χ4v) is 2.70. The van der Waals surface area contributed by atoms with Crippen molar-refractivity contribution >= 4 is 17.1 Å². The van der Waals surface area contributed by atoms with Gasteiger partial charge >= 0.3 is 6.09 Å². The van der Waals surface area contributed by atoms with Gasteiger partial charge in [0, 0.05) is 11.8 Å². The van der Waals surface area contributed by atoms with Gasteiger partial charge in [-0.3, -0.25) is 0 Å². The zero-order valence-corrected chi connectivity index (χ0v) is 14.8. The summed E-state index contributed by atoms with van der Waals surface area (Å²) in [5.74, 6) is 0.718. The van der Waals surface area contributed by atoms with E-state index in [1.54, 1.807) is 0 Å². The highest BCUT2D eigenvalue weighted by Crippen LogP contribution is 2.26. The predicted molar refractivity (Wildman–Crippen MR) is 98.5 cm³/mol. The van der Waals surface area contributed by atoms with Gasteiger partial charge in [-0.15, -0.1) is 0 Å². The van der Waals surface area contributed by atoms with Crippen molar-refractivity contribution in [2.45, 2.75) is 38.8 Å². The van der Waals surface area contributed by atoms with Gasteiger partial charge in [0.05, 0.1) is 6.04 Å². The summed E-state index contributed by atoms with van der Waals surface area (Å²) in [7, 11) is 0. The van der Waals surface area contributed by atoms with Crippen LogP contribution in [0.3, 0.4) is 0 Å². The van der Waals surface area contributed by atoms with Crippen molar-refractivity contribution in [3.63, 3.8) is 0 Å². The second-order valence-electron chi connectivity index (χ2n) is 7.08. The fraction of sp³-hybridized carbons (Fsp3) is 0.286. The Kier molecular flexibility index (Phi) is 4.79. The minimum absolute atomic E-state index is 0.301. The lowest BCUT2D eigenvalue weighted by atomic mass is 10.0. The second-order valence-corrected chi connectivity index (χ2v) is 7.08. The van der Waals surface area contributed by atoms with Crippen molar-refractivity contribution < 1.29 is 13.9 Å². The molecule has 25 heavy (non-hydrogen) atoms. The van der Waals surface area contributed by atoms with E-state index in [1.165, 1.54) is 0 Å². The van der Waals surface area contributed by atoms with Crippen molar-refractivity contribution in [1.82, 2.24) is 5.32 Å². The van der Waals surface area contributed by atoms with E-state index in [4.69, 9.17) is 9.15 Å². The molecule has 2 aromatic carbocycles. The van der Waals surface area contributed by atoms with Gasteiger partial charge in [-0.05, 0) is 38.5 Å². The third-order valence-electron chi connectivity index (χ3n) is 3.76. The first kappa shape index (κ1) is 17.1. The first-order chi connectivity index (χ1) is 11.9. The van der Waals surface area contributed by atoms with Crippen LogP contribution in [0, 0.1) is 0 Å². The molecule has 0 unspecified atom stereocenters. The highest BCUT2D eigenvalue weighted by Gasteiger charge is 2.23. The summed E-state index contributed by atoms with van der Waals surface area (Å²) in [5.41, 5.74) is 1.38. The van der Waals surface area contributed by atoms with Crippen molar-refractivity contribution in [1.29, 1.82) is 0 Å². The quantitative estimate of drug-likeness (QED) is 0.708. The van der Waals surface area contributed by atoms with Crippen LogP contribution in [0.5, 0.6) is 0 Å². The van der Waals surface area contributed by atoms with E-state index in [1.807, 2.05) is 81.4 Å². The molecule has 0 aliphatic rings. The number of furan rings is 1. The van der Waals surface area contributed by atoms with Gasteiger partial charge in [0.15, 0.2) is 0 Å². The Bertz CT molecular complexity index is 813. The lowest BCUT2D eigenvalue weighted by Gasteiger charge is -2.23.